The maximum absolute atomic E-state index is 12.6. The molecule has 0 fully saturated rings. The molecule has 0 aliphatic rings. The maximum atomic E-state index is 12.6. The third kappa shape index (κ3) is 5.68. The van der Waals surface area contributed by atoms with Gasteiger partial charge in [-0.1, -0.05) is 42.0 Å². The van der Waals surface area contributed by atoms with Crippen molar-refractivity contribution in [3.63, 3.8) is 0 Å². The monoisotopic (exact) mass is 423 g/mol. The molecule has 3 N–H and O–H groups in total. The molecule has 3 aromatic carbocycles. The smallest absolute Gasteiger partial charge is 0.261 e. The predicted molar refractivity (Wildman–Crippen MR) is 116 cm³/mol. The molecule has 3 rings (SSSR count). The van der Waals surface area contributed by atoms with E-state index in [2.05, 4.69) is 15.4 Å². The summed E-state index contributed by atoms with van der Waals surface area (Å²) < 4.78 is 27.7. The van der Waals surface area contributed by atoms with Crippen LogP contribution in [0.15, 0.2) is 83.8 Å². The van der Waals surface area contributed by atoms with Gasteiger partial charge in [0, 0.05) is 16.9 Å². The number of nitrogens with one attached hydrogen (secondary N) is 3. The van der Waals surface area contributed by atoms with Gasteiger partial charge < -0.3 is 10.6 Å². The van der Waals surface area contributed by atoms with Crippen molar-refractivity contribution in [3.8, 4) is 0 Å². The Bertz CT molecular complexity index is 1140. The van der Waals surface area contributed by atoms with Crippen LogP contribution in [0, 0.1) is 6.92 Å². The third-order valence-electron chi connectivity index (χ3n) is 4.18. The van der Waals surface area contributed by atoms with Crippen molar-refractivity contribution in [2.45, 2.75) is 11.8 Å². The lowest BCUT2D eigenvalue weighted by molar-refractivity contribution is -0.115. The van der Waals surface area contributed by atoms with E-state index in [4.69, 9.17) is 0 Å². The average Bonchev–Trinajstić information content (AvgIpc) is 2.74. The number of sulfonamides is 1. The van der Waals surface area contributed by atoms with Crippen molar-refractivity contribution in [1.29, 1.82) is 0 Å². The molecular formula is C22H21N3O4S. The number of aryl methyl sites for hydroxylation is 1. The van der Waals surface area contributed by atoms with Gasteiger partial charge in [0.05, 0.1) is 11.4 Å². The summed E-state index contributed by atoms with van der Waals surface area (Å²) in [6.45, 7) is 1.66. The van der Waals surface area contributed by atoms with Crippen molar-refractivity contribution >= 4 is 33.2 Å². The van der Waals surface area contributed by atoms with Crippen LogP contribution in [0.2, 0.25) is 0 Å². The van der Waals surface area contributed by atoms with E-state index in [0.29, 0.717) is 11.4 Å². The topological polar surface area (TPSA) is 104 Å². The number of hydrogen-bond donors (Lipinski definition) is 3. The first-order valence-electron chi connectivity index (χ1n) is 9.16. The normalized spacial score (nSPS) is 10.8. The number of carbonyl (C=O) groups is 2. The van der Waals surface area contributed by atoms with Gasteiger partial charge in [-0.2, -0.15) is 0 Å². The van der Waals surface area contributed by atoms with E-state index in [-0.39, 0.29) is 22.9 Å². The molecule has 7 nitrogen and oxygen atoms in total. The maximum Gasteiger partial charge on any atom is 0.261 e. The van der Waals surface area contributed by atoms with Gasteiger partial charge in [-0.25, -0.2) is 8.42 Å². The molecule has 0 radical (unpaired) electrons. The van der Waals surface area contributed by atoms with E-state index in [9.17, 15) is 18.0 Å². The summed E-state index contributed by atoms with van der Waals surface area (Å²) in [5, 5.41) is 5.14. The molecule has 0 heterocycles. The Morgan fingerprint density at radius 3 is 2.23 bits per heavy atom. The lowest BCUT2D eigenvalue weighted by Gasteiger charge is -2.10. The highest BCUT2D eigenvalue weighted by molar-refractivity contribution is 7.92. The molecule has 0 bridgehead atoms. The van der Waals surface area contributed by atoms with Crippen LogP contribution in [-0.2, 0) is 14.8 Å². The van der Waals surface area contributed by atoms with Crippen LogP contribution < -0.4 is 15.4 Å². The summed E-state index contributed by atoms with van der Waals surface area (Å²) in [5.41, 5.74) is 2.18. The van der Waals surface area contributed by atoms with Crippen LogP contribution in [0.25, 0.3) is 0 Å². The summed E-state index contributed by atoms with van der Waals surface area (Å²) in [4.78, 5) is 24.3. The minimum Gasteiger partial charge on any atom is -0.343 e. The van der Waals surface area contributed by atoms with E-state index in [0.717, 1.165) is 5.56 Å². The number of hydrogen-bond acceptors (Lipinski definition) is 4. The van der Waals surface area contributed by atoms with Crippen molar-refractivity contribution in [1.82, 2.24) is 5.32 Å². The highest BCUT2D eigenvalue weighted by Gasteiger charge is 2.17. The van der Waals surface area contributed by atoms with Crippen molar-refractivity contribution in [2.24, 2.45) is 0 Å². The fraction of sp³-hybridized carbons (Fsp3) is 0.0909. The van der Waals surface area contributed by atoms with Crippen LogP contribution in [-0.4, -0.2) is 26.8 Å². The number of para-hydroxylation sites is 1. The molecule has 0 saturated heterocycles. The molecule has 0 spiro atoms. The van der Waals surface area contributed by atoms with E-state index in [1.807, 2.05) is 13.0 Å². The zero-order valence-corrected chi connectivity index (χ0v) is 17.1. The molecule has 8 heteroatoms. The molecular weight excluding hydrogens is 402 g/mol. The van der Waals surface area contributed by atoms with Crippen LogP contribution in [0.1, 0.15) is 15.9 Å². The Kier molecular flexibility index (Phi) is 6.48. The van der Waals surface area contributed by atoms with Crippen LogP contribution in [0.4, 0.5) is 11.4 Å². The Hall–Kier alpha value is -3.65. The van der Waals surface area contributed by atoms with Gasteiger partial charge in [-0.15, -0.1) is 0 Å². The van der Waals surface area contributed by atoms with Crippen LogP contribution in [0.5, 0.6) is 0 Å². The largest absolute Gasteiger partial charge is 0.343 e. The number of amides is 2. The molecule has 30 heavy (non-hydrogen) atoms. The molecule has 0 atom stereocenters. The first-order valence-corrected chi connectivity index (χ1v) is 10.6. The van der Waals surface area contributed by atoms with Gasteiger partial charge >= 0.3 is 0 Å². The number of benzene rings is 3. The van der Waals surface area contributed by atoms with Crippen molar-refractivity contribution in [2.75, 3.05) is 16.6 Å². The van der Waals surface area contributed by atoms with Gasteiger partial charge in [0.15, 0.2) is 0 Å². The van der Waals surface area contributed by atoms with Gasteiger partial charge in [0.2, 0.25) is 5.91 Å². The van der Waals surface area contributed by atoms with E-state index < -0.39 is 15.9 Å². The summed E-state index contributed by atoms with van der Waals surface area (Å²) in [5.74, 6) is -0.940. The number of carbonyl (C=O) groups excluding carboxylic acids is 2. The molecule has 0 saturated carbocycles. The standard InChI is InChI=1S/C22H21N3O4S/c1-16-10-12-19(13-11-16)25-30(28,29)20-9-5-6-17(14-20)22(27)23-15-21(26)24-18-7-3-2-4-8-18/h2-14,25H,15H2,1H3,(H,23,27)(H,24,26). The second-order valence-electron chi connectivity index (χ2n) is 6.60. The second-order valence-corrected chi connectivity index (χ2v) is 8.28. The Labute approximate surface area is 175 Å². The molecule has 0 aromatic heterocycles. The molecule has 0 aliphatic carbocycles. The summed E-state index contributed by atoms with van der Waals surface area (Å²) in [6.07, 6.45) is 0. The molecule has 0 unspecified atom stereocenters. The zero-order chi connectivity index (χ0) is 21.6. The molecule has 0 aliphatic heterocycles. The first kappa shape index (κ1) is 21.1. The fourth-order valence-corrected chi connectivity index (χ4v) is 3.73. The molecule has 2 amide bonds. The van der Waals surface area contributed by atoms with Crippen LogP contribution in [0.3, 0.4) is 0 Å². The molecule has 3 aromatic rings. The van der Waals surface area contributed by atoms with Gasteiger partial charge in [-0.3, -0.25) is 14.3 Å². The Morgan fingerprint density at radius 1 is 0.833 bits per heavy atom. The van der Waals surface area contributed by atoms with Crippen LogP contribution >= 0.6 is 0 Å². The molecule has 154 valence electrons. The predicted octanol–water partition coefficient (Wildman–Crippen LogP) is 3.16. The number of rotatable bonds is 7. The van der Waals surface area contributed by atoms with Crippen molar-refractivity contribution < 1.29 is 18.0 Å². The van der Waals surface area contributed by atoms with Gasteiger partial charge in [0.25, 0.3) is 15.9 Å². The average molecular weight is 423 g/mol. The fourth-order valence-electron chi connectivity index (χ4n) is 2.63. The highest BCUT2D eigenvalue weighted by atomic mass is 32.2. The lowest BCUT2D eigenvalue weighted by atomic mass is 10.2. The minimum absolute atomic E-state index is 0.0514. The summed E-state index contributed by atoms with van der Waals surface area (Å²) >= 11 is 0. The Balaban J connectivity index is 1.64. The van der Waals surface area contributed by atoms with E-state index in [1.54, 1.807) is 48.5 Å². The summed E-state index contributed by atoms with van der Waals surface area (Å²) in [6, 6.07) is 21.4. The van der Waals surface area contributed by atoms with Crippen molar-refractivity contribution in [3.05, 3.63) is 90.0 Å². The number of anilines is 2. The zero-order valence-electron chi connectivity index (χ0n) is 16.3. The van der Waals surface area contributed by atoms with Gasteiger partial charge in [0.1, 0.15) is 0 Å². The first-order chi connectivity index (χ1) is 14.3. The van der Waals surface area contributed by atoms with E-state index in [1.165, 1.54) is 24.3 Å². The van der Waals surface area contributed by atoms with Gasteiger partial charge in [-0.05, 0) is 49.4 Å². The quantitative estimate of drug-likeness (QED) is 0.543. The third-order valence-corrected chi connectivity index (χ3v) is 5.56. The van der Waals surface area contributed by atoms with E-state index >= 15 is 0 Å². The second kappa shape index (κ2) is 9.23. The Morgan fingerprint density at radius 2 is 1.53 bits per heavy atom. The SMILES string of the molecule is Cc1ccc(NS(=O)(=O)c2cccc(C(=O)NCC(=O)Nc3ccccc3)c2)cc1. The summed E-state index contributed by atoms with van der Waals surface area (Å²) in [7, 11) is -3.86. The lowest BCUT2D eigenvalue weighted by Crippen LogP contribution is -2.33. The minimum atomic E-state index is -3.86. The highest BCUT2D eigenvalue weighted by Crippen LogP contribution is 2.17.